The number of nitrogens with zero attached hydrogens (tertiary/aromatic N) is 3. The standard InChI is InChI=1S/C18H19ClN4OS2/c1-3-23-17(13-6-4-7-14(19)10-13)21-22-18(23)26-11-16(24)20-12(2)15-8-5-9-25-15/h4-10,12H,3,11H2,1-2H3,(H,20,24). The van der Waals surface area contributed by atoms with Gasteiger partial charge in [0, 0.05) is 22.0 Å². The molecule has 0 aliphatic rings. The predicted octanol–water partition coefficient (Wildman–Crippen LogP) is 4.65. The van der Waals surface area contributed by atoms with Crippen molar-refractivity contribution >= 4 is 40.6 Å². The maximum atomic E-state index is 12.2. The van der Waals surface area contributed by atoms with Crippen LogP contribution >= 0.6 is 34.7 Å². The van der Waals surface area contributed by atoms with E-state index in [1.54, 1.807) is 11.3 Å². The summed E-state index contributed by atoms with van der Waals surface area (Å²) in [5.74, 6) is 1.03. The van der Waals surface area contributed by atoms with Gasteiger partial charge in [-0.1, -0.05) is 41.6 Å². The molecule has 1 aromatic carbocycles. The van der Waals surface area contributed by atoms with Crippen molar-refractivity contribution in [3.8, 4) is 11.4 Å². The summed E-state index contributed by atoms with van der Waals surface area (Å²) in [7, 11) is 0. The SMILES string of the molecule is CCn1c(SCC(=O)NC(C)c2cccs2)nnc1-c1cccc(Cl)c1. The molecule has 0 fully saturated rings. The van der Waals surface area contributed by atoms with Gasteiger partial charge in [0.05, 0.1) is 11.8 Å². The molecule has 1 amide bonds. The lowest BCUT2D eigenvalue weighted by atomic mass is 10.2. The zero-order valence-electron chi connectivity index (χ0n) is 14.5. The number of halogens is 1. The summed E-state index contributed by atoms with van der Waals surface area (Å²) in [6, 6.07) is 11.5. The molecule has 3 aromatic rings. The highest BCUT2D eigenvalue weighted by Gasteiger charge is 2.16. The molecule has 3 rings (SSSR count). The highest BCUT2D eigenvalue weighted by molar-refractivity contribution is 7.99. The number of rotatable bonds is 7. The van der Waals surface area contributed by atoms with E-state index in [0.29, 0.717) is 17.3 Å². The Kier molecular flexibility index (Phi) is 6.34. The monoisotopic (exact) mass is 406 g/mol. The molecule has 0 bridgehead atoms. The minimum Gasteiger partial charge on any atom is -0.348 e. The second kappa shape index (κ2) is 8.70. The smallest absolute Gasteiger partial charge is 0.230 e. The quantitative estimate of drug-likeness (QED) is 0.580. The van der Waals surface area contributed by atoms with Crippen molar-refractivity contribution in [2.75, 3.05) is 5.75 Å². The third-order valence-electron chi connectivity index (χ3n) is 3.80. The number of amides is 1. The van der Waals surface area contributed by atoms with Gasteiger partial charge in [-0.25, -0.2) is 0 Å². The van der Waals surface area contributed by atoms with Gasteiger partial charge in [-0.05, 0) is 37.4 Å². The Morgan fingerprint density at radius 3 is 2.88 bits per heavy atom. The number of carbonyl (C=O) groups excluding carboxylic acids is 1. The molecule has 2 aromatic heterocycles. The first kappa shape index (κ1) is 18.9. The lowest BCUT2D eigenvalue weighted by molar-refractivity contribution is -0.119. The molecule has 0 aliphatic carbocycles. The van der Waals surface area contributed by atoms with E-state index in [9.17, 15) is 4.79 Å². The van der Waals surface area contributed by atoms with E-state index < -0.39 is 0 Å². The van der Waals surface area contributed by atoms with Gasteiger partial charge >= 0.3 is 0 Å². The predicted molar refractivity (Wildman–Crippen MR) is 108 cm³/mol. The van der Waals surface area contributed by atoms with Crippen molar-refractivity contribution in [3.05, 3.63) is 51.7 Å². The fourth-order valence-electron chi connectivity index (χ4n) is 2.54. The first-order valence-corrected chi connectivity index (χ1v) is 10.5. The van der Waals surface area contributed by atoms with E-state index in [1.807, 2.05) is 60.2 Å². The van der Waals surface area contributed by atoms with Crippen molar-refractivity contribution in [2.45, 2.75) is 31.6 Å². The van der Waals surface area contributed by atoms with Crippen LogP contribution in [0.5, 0.6) is 0 Å². The number of thiophene rings is 1. The van der Waals surface area contributed by atoms with Crippen LogP contribution in [-0.2, 0) is 11.3 Å². The Balaban J connectivity index is 1.66. The van der Waals surface area contributed by atoms with E-state index in [2.05, 4.69) is 15.5 Å². The van der Waals surface area contributed by atoms with E-state index in [1.165, 1.54) is 11.8 Å². The normalized spacial score (nSPS) is 12.1. The first-order chi connectivity index (χ1) is 12.6. The van der Waals surface area contributed by atoms with E-state index in [4.69, 9.17) is 11.6 Å². The van der Waals surface area contributed by atoms with Crippen molar-refractivity contribution in [2.24, 2.45) is 0 Å². The highest BCUT2D eigenvalue weighted by atomic mass is 35.5. The maximum Gasteiger partial charge on any atom is 0.230 e. The number of hydrogen-bond acceptors (Lipinski definition) is 5. The highest BCUT2D eigenvalue weighted by Crippen LogP contribution is 2.26. The number of hydrogen-bond donors (Lipinski definition) is 1. The van der Waals surface area contributed by atoms with Gasteiger partial charge in [-0.2, -0.15) is 0 Å². The fourth-order valence-corrected chi connectivity index (χ4v) is 4.28. The van der Waals surface area contributed by atoms with Gasteiger partial charge in [-0.3, -0.25) is 4.79 Å². The summed E-state index contributed by atoms with van der Waals surface area (Å²) in [6.45, 7) is 4.73. The van der Waals surface area contributed by atoms with Gasteiger partial charge in [0.2, 0.25) is 5.91 Å². The number of carbonyl (C=O) groups is 1. The number of nitrogens with one attached hydrogen (secondary N) is 1. The lowest BCUT2D eigenvalue weighted by Gasteiger charge is -2.12. The summed E-state index contributed by atoms with van der Waals surface area (Å²) < 4.78 is 1.99. The maximum absolute atomic E-state index is 12.2. The van der Waals surface area contributed by atoms with Crippen LogP contribution in [0.15, 0.2) is 46.9 Å². The van der Waals surface area contributed by atoms with Crippen molar-refractivity contribution in [1.29, 1.82) is 0 Å². The topological polar surface area (TPSA) is 59.8 Å². The summed E-state index contributed by atoms with van der Waals surface area (Å²) in [5.41, 5.74) is 0.912. The second-order valence-electron chi connectivity index (χ2n) is 5.65. The van der Waals surface area contributed by atoms with Crippen LogP contribution in [0.2, 0.25) is 5.02 Å². The Morgan fingerprint density at radius 1 is 1.35 bits per heavy atom. The Labute approximate surface area is 165 Å². The molecule has 0 saturated carbocycles. The molecule has 1 N–H and O–H groups in total. The Hall–Kier alpha value is -1.83. The van der Waals surface area contributed by atoms with Gasteiger partial charge in [0.1, 0.15) is 0 Å². The van der Waals surface area contributed by atoms with Crippen LogP contribution in [0.4, 0.5) is 0 Å². The van der Waals surface area contributed by atoms with Gasteiger partial charge < -0.3 is 9.88 Å². The molecule has 0 spiro atoms. The minimum absolute atomic E-state index is 0.00849. The Bertz CT molecular complexity index is 879. The number of benzene rings is 1. The largest absolute Gasteiger partial charge is 0.348 e. The third kappa shape index (κ3) is 4.47. The van der Waals surface area contributed by atoms with Crippen LogP contribution in [0.1, 0.15) is 24.8 Å². The first-order valence-electron chi connectivity index (χ1n) is 8.23. The summed E-state index contributed by atoms with van der Waals surface area (Å²) in [4.78, 5) is 13.4. The Morgan fingerprint density at radius 2 is 2.19 bits per heavy atom. The molecule has 5 nitrogen and oxygen atoms in total. The second-order valence-corrected chi connectivity index (χ2v) is 8.01. The van der Waals surface area contributed by atoms with Crippen LogP contribution in [0.3, 0.4) is 0 Å². The van der Waals surface area contributed by atoms with E-state index in [-0.39, 0.29) is 11.9 Å². The van der Waals surface area contributed by atoms with Crippen LogP contribution in [0, 0.1) is 0 Å². The van der Waals surface area contributed by atoms with E-state index >= 15 is 0 Å². The zero-order valence-corrected chi connectivity index (χ0v) is 16.9. The van der Waals surface area contributed by atoms with Crippen molar-refractivity contribution in [3.63, 3.8) is 0 Å². The molecule has 0 radical (unpaired) electrons. The molecule has 2 heterocycles. The summed E-state index contributed by atoms with van der Waals surface area (Å²) >= 11 is 9.10. The van der Waals surface area contributed by atoms with Crippen LogP contribution < -0.4 is 5.32 Å². The van der Waals surface area contributed by atoms with Gasteiger partial charge in [-0.15, -0.1) is 21.5 Å². The molecule has 1 atom stereocenters. The van der Waals surface area contributed by atoms with Gasteiger partial charge in [0.15, 0.2) is 11.0 Å². The van der Waals surface area contributed by atoms with Gasteiger partial charge in [0.25, 0.3) is 0 Å². The molecule has 26 heavy (non-hydrogen) atoms. The zero-order chi connectivity index (χ0) is 18.5. The average Bonchev–Trinajstić information content (AvgIpc) is 3.29. The van der Waals surface area contributed by atoms with Crippen LogP contribution in [-0.4, -0.2) is 26.4 Å². The van der Waals surface area contributed by atoms with Crippen molar-refractivity contribution < 1.29 is 4.79 Å². The molecule has 136 valence electrons. The lowest BCUT2D eigenvalue weighted by Crippen LogP contribution is -2.27. The summed E-state index contributed by atoms with van der Waals surface area (Å²) in [6.07, 6.45) is 0. The molecule has 0 aliphatic heterocycles. The average molecular weight is 407 g/mol. The fraction of sp³-hybridized carbons (Fsp3) is 0.278. The molecular formula is C18H19ClN4OS2. The molecule has 1 unspecified atom stereocenters. The molecule has 8 heteroatoms. The third-order valence-corrected chi connectivity index (χ3v) is 6.05. The summed E-state index contributed by atoms with van der Waals surface area (Å²) in [5, 5.41) is 14.9. The van der Waals surface area contributed by atoms with Crippen LogP contribution in [0.25, 0.3) is 11.4 Å². The molecular weight excluding hydrogens is 388 g/mol. The molecule has 0 saturated heterocycles. The number of aromatic nitrogens is 3. The number of thioether (sulfide) groups is 1. The van der Waals surface area contributed by atoms with Crippen molar-refractivity contribution in [1.82, 2.24) is 20.1 Å². The van der Waals surface area contributed by atoms with E-state index in [0.717, 1.165) is 21.4 Å². The minimum atomic E-state index is -0.0224.